The Bertz CT molecular complexity index is 372. The Morgan fingerprint density at radius 2 is 1.30 bits per heavy atom. The molecule has 0 aromatic heterocycles. The van der Waals surface area contributed by atoms with Gasteiger partial charge in [-0.2, -0.15) is 0 Å². The van der Waals surface area contributed by atoms with Crippen LogP contribution in [0.2, 0.25) is 0 Å². The van der Waals surface area contributed by atoms with Crippen LogP contribution in [0.5, 0.6) is 5.75 Å². The zero-order valence-corrected chi connectivity index (χ0v) is 11.6. The van der Waals surface area contributed by atoms with E-state index in [0.717, 1.165) is 17.1 Å². The summed E-state index contributed by atoms with van der Waals surface area (Å²) in [6, 6.07) is 3.61. The fourth-order valence-electron chi connectivity index (χ4n) is 1.76. The Morgan fingerprint density at radius 1 is 0.850 bits per heavy atom. The lowest BCUT2D eigenvalue weighted by molar-refractivity contribution is 0.310. The van der Waals surface area contributed by atoms with Crippen molar-refractivity contribution in [1.29, 1.82) is 0 Å². The van der Waals surface area contributed by atoms with E-state index in [1.54, 1.807) is 19.2 Å². The van der Waals surface area contributed by atoms with E-state index in [1.807, 2.05) is 0 Å². The number of hydrogen-bond donors (Lipinski definition) is 6. The molecule has 1 aromatic carbocycles. The Balaban J connectivity index is 3.06. The van der Waals surface area contributed by atoms with Gasteiger partial charge < -0.3 is 36.0 Å². The van der Waals surface area contributed by atoms with Crippen LogP contribution >= 0.6 is 0 Å². The number of rotatable bonds is 10. The van der Waals surface area contributed by atoms with Crippen molar-refractivity contribution in [2.45, 2.75) is 0 Å². The summed E-state index contributed by atoms with van der Waals surface area (Å²) in [7, 11) is 1.57. The summed E-state index contributed by atoms with van der Waals surface area (Å²) in [6.45, 7) is 1.23. The molecule has 0 saturated heterocycles. The molecule has 0 aliphatic heterocycles. The molecule has 114 valence electrons. The molecule has 0 fully saturated rings. The number of anilines is 3. The van der Waals surface area contributed by atoms with Gasteiger partial charge in [0.25, 0.3) is 0 Å². The van der Waals surface area contributed by atoms with Gasteiger partial charge in [-0.15, -0.1) is 0 Å². The van der Waals surface area contributed by atoms with Crippen molar-refractivity contribution in [2.75, 3.05) is 62.5 Å². The first-order valence-electron chi connectivity index (χ1n) is 6.53. The van der Waals surface area contributed by atoms with E-state index in [2.05, 4.69) is 16.0 Å². The van der Waals surface area contributed by atoms with E-state index in [4.69, 9.17) is 20.1 Å². The molecule has 0 bridgehead atoms. The van der Waals surface area contributed by atoms with Crippen molar-refractivity contribution in [1.82, 2.24) is 0 Å². The summed E-state index contributed by atoms with van der Waals surface area (Å²) in [6.07, 6.45) is 0. The topological polar surface area (TPSA) is 106 Å². The van der Waals surface area contributed by atoms with E-state index in [9.17, 15) is 0 Å². The molecular weight excluding hydrogens is 262 g/mol. The third kappa shape index (κ3) is 4.76. The van der Waals surface area contributed by atoms with Crippen LogP contribution in [0.1, 0.15) is 0 Å². The maximum absolute atomic E-state index is 8.95. The molecule has 6 N–H and O–H groups in total. The van der Waals surface area contributed by atoms with Gasteiger partial charge in [0.15, 0.2) is 0 Å². The summed E-state index contributed by atoms with van der Waals surface area (Å²) < 4.78 is 5.23. The van der Waals surface area contributed by atoms with Gasteiger partial charge in [0.1, 0.15) is 5.75 Å². The summed E-state index contributed by atoms with van der Waals surface area (Å²) in [4.78, 5) is 0. The molecule has 0 radical (unpaired) electrons. The second-order valence-electron chi connectivity index (χ2n) is 4.05. The molecule has 0 unspecified atom stereocenters. The molecule has 7 nitrogen and oxygen atoms in total. The molecule has 0 spiro atoms. The largest absolute Gasteiger partial charge is 0.497 e. The molecule has 7 heteroatoms. The fourth-order valence-corrected chi connectivity index (χ4v) is 1.76. The number of hydrogen-bond acceptors (Lipinski definition) is 7. The number of methoxy groups -OCH3 is 1. The van der Waals surface area contributed by atoms with E-state index >= 15 is 0 Å². The van der Waals surface area contributed by atoms with Gasteiger partial charge in [0, 0.05) is 31.8 Å². The molecule has 1 rings (SSSR count). The first-order chi connectivity index (χ1) is 9.76. The van der Waals surface area contributed by atoms with Crippen LogP contribution in [0.15, 0.2) is 12.1 Å². The van der Waals surface area contributed by atoms with Gasteiger partial charge in [-0.1, -0.05) is 0 Å². The van der Waals surface area contributed by atoms with Crippen molar-refractivity contribution in [3.63, 3.8) is 0 Å². The Labute approximate surface area is 118 Å². The zero-order valence-electron chi connectivity index (χ0n) is 11.6. The smallest absolute Gasteiger partial charge is 0.123 e. The second kappa shape index (κ2) is 9.24. The van der Waals surface area contributed by atoms with Gasteiger partial charge in [0.05, 0.1) is 44.0 Å². The minimum Gasteiger partial charge on any atom is -0.497 e. The van der Waals surface area contributed by atoms with E-state index in [1.165, 1.54) is 0 Å². The van der Waals surface area contributed by atoms with E-state index in [-0.39, 0.29) is 19.8 Å². The molecule has 1 aromatic rings. The van der Waals surface area contributed by atoms with Crippen molar-refractivity contribution in [3.8, 4) is 5.75 Å². The number of ether oxygens (including phenoxy) is 1. The maximum Gasteiger partial charge on any atom is 0.123 e. The molecule has 0 saturated carbocycles. The average Bonchev–Trinajstić information content (AvgIpc) is 2.48. The standard InChI is InChI=1S/C13H23N3O4/c1-20-10-8-11(14-2-5-17)13(16-4-7-19)12(9-10)15-3-6-18/h8-9,14-19H,2-7H2,1H3. The second-order valence-corrected chi connectivity index (χ2v) is 4.05. The highest BCUT2D eigenvalue weighted by molar-refractivity contribution is 5.84. The van der Waals surface area contributed by atoms with Crippen LogP contribution in [0.3, 0.4) is 0 Å². The lowest BCUT2D eigenvalue weighted by Gasteiger charge is -2.19. The lowest BCUT2D eigenvalue weighted by Crippen LogP contribution is -2.15. The summed E-state index contributed by atoms with van der Waals surface area (Å²) in [5.41, 5.74) is 2.28. The summed E-state index contributed by atoms with van der Waals surface area (Å²) in [5.74, 6) is 0.653. The van der Waals surface area contributed by atoms with Crippen LogP contribution in [0.4, 0.5) is 17.1 Å². The lowest BCUT2D eigenvalue weighted by atomic mass is 10.2. The number of aliphatic hydroxyl groups excluding tert-OH is 3. The van der Waals surface area contributed by atoms with Crippen LogP contribution in [-0.4, -0.2) is 61.9 Å². The highest BCUT2D eigenvalue weighted by Gasteiger charge is 2.11. The van der Waals surface area contributed by atoms with Gasteiger partial charge in [-0.3, -0.25) is 0 Å². The molecule has 0 aliphatic rings. The Kier molecular flexibility index (Phi) is 7.56. The van der Waals surface area contributed by atoms with Crippen molar-refractivity contribution in [3.05, 3.63) is 12.1 Å². The quantitative estimate of drug-likeness (QED) is 0.357. The first kappa shape index (κ1) is 16.4. The predicted molar refractivity (Wildman–Crippen MR) is 79.7 cm³/mol. The summed E-state index contributed by atoms with van der Waals surface area (Å²) >= 11 is 0. The third-order valence-corrected chi connectivity index (χ3v) is 2.62. The van der Waals surface area contributed by atoms with Crippen LogP contribution in [0, 0.1) is 0 Å². The minimum absolute atomic E-state index is 0.00487. The van der Waals surface area contributed by atoms with Gasteiger partial charge in [-0.05, 0) is 0 Å². The van der Waals surface area contributed by atoms with Crippen molar-refractivity contribution >= 4 is 17.1 Å². The molecule has 0 amide bonds. The van der Waals surface area contributed by atoms with E-state index < -0.39 is 0 Å². The predicted octanol–water partition coefficient (Wildman–Crippen LogP) is -0.0922. The van der Waals surface area contributed by atoms with Crippen molar-refractivity contribution in [2.24, 2.45) is 0 Å². The fraction of sp³-hybridized carbons (Fsp3) is 0.538. The van der Waals surface area contributed by atoms with Crippen LogP contribution in [-0.2, 0) is 0 Å². The number of nitrogens with one attached hydrogen (secondary N) is 3. The highest BCUT2D eigenvalue weighted by Crippen LogP contribution is 2.35. The molecular formula is C13H23N3O4. The minimum atomic E-state index is 0.00487. The third-order valence-electron chi connectivity index (χ3n) is 2.62. The maximum atomic E-state index is 8.95. The normalized spacial score (nSPS) is 10.2. The number of benzene rings is 1. The van der Waals surface area contributed by atoms with Crippen LogP contribution < -0.4 is 20.7 Å². The van der Waals surface area contributed by atoms with Gasteiger partial charge in [-0.25, -0.2) is 0 Å². The monoisotopic (exact) mass is 285 g/mol. The zero-order chi connectivity index (χ0) is 14.8. The highest BCUT2D eigenvalue weighted by atomic mass is 16.5. The molecule has 0 atom stereocenters. The molecule has 0 heterocycles. The van der Waals surface area contributed by atoms with Gasteiger partial charge >= 0.3 is 0 Å². The number of aliphatic hydroxyl groups is 3. The van der Waals surface area contributed by atoms with Crippen molar-refractivity contribution < 1.29 is 20.1 Å². The van der Waals surface area contributed by atoms with Gasteiger partial charge in [0.2, 0.25) is 0 Å². The molecule has 0 aliphatic carbocycles. The first-order valence-corrected chi connectivity index (χ1v) is 6.53. The Morgan fingerprint density at radius 3 is 1.70 bits per heavy atom. The molecule has 20 heavy (non-hydrogen) atoms. The Hall–Kier alpha value is -1.70. The SMILES string of the molecule is COc1cc(NCCO)c(NCCO)c(NCCO)c1. The van der Waals surface area contributed by atoms with Crippen LogP contribution in [0.25, 0.3) is 0 Å². The van der Waals surface area contributed by atoms with E-state index in [0.29, 0.717) is 25.4 Å². The average molecular weight is 285 g/mol. The summed E-state index contributed by atoms with van der Waals surface area (Å²) in [5, 5.41) is 36.1.